The number of hydrogen-bond acceptors (Lipinski definition) is 5. The van der Waals surface area contributed by atoms with Crippen molar-refractivity contribution in [3.8, 4) is 5.75 Å². The van der Waals surface area contributed by atoms with Gasteiger partial charge in [-0.3, -0.25) is 4.90 Å². The maximum atomic E-state index is 5.99. The molecule has 166 valence electrons. The van der Waals surface area contributed by atoms with Crippen LogP contribution in [0.1, 0.15) is 17.9 Å². The number of nitrogens with zero attached hydrogens (tertiary/aromatic N) is 3. The first-order chi connectivity index (χ1) is 15.2. The number of rotatable bonds is 9. The molecule has 2 aromatic rings. The topological polar surface area (TPSA) is 31.0 Å². The van der Waals surface area contributed by atoms with Crippen LogP contribution in [0.3, 0.4) is 0 Å². The minimum Gasteiger partial charge on any atom is -0.492 e. The van der Waals surface area contributed by atoms with Crippen molar-refractivity contribution in [3.05, 3.63) is 60.2 Å². The number of hydrogen-bond donors (Lipinski definition) is 1. The van der Waals surface area contributed by atoms with E-state index in [1.807, 2.05) is 0 Å². The minimum atomic E-state index is 0.689. The fraction of sp³-hybridized carbons (Fsp3) is 0.538. The Balaban J connectivity index is 0.945. The van der Waals surface area contributed by atoms with Gasteiger partial charge in [0, 0.05) is 70.0 Å². The molecule has 0 aromatic heterocycles. The van der Waals surface area contributed by atoms with Gasteiger partial charge in [-0.2, -0.15) is 0 Å². The summed E-state index contributed by atoms with van der Waals surface area (Å²) in [6, 6.07) is 20.3. The highest BCUT2D eigenvalue weighted by atomic mass is 16.5. The van der Waals surface area contributed by atoms with Crippen molar-refractivity contribution in [2.45, 2.75) is 18.4 Å². The molecule has 2 atom stereocenters. The van der Waals surface area contributed by atoms with E-state index < -0.39 is 0 Å². The summed E-state index contributed by atoms with van der Waals surface area (Å²) in [5.41, 5.74) is 2.80. The summed E-state index contributed by atoms with van der Waals surface area (Å²) >= 11 is 0. The summed E-state index contributed by atoms with van der Waals surface area (Å²) < 4.78 is 5.99. The van der Waals surface area contributed by atoms with E-state index >= 15 is 0 Å². The third-order valence-electron chi connectivity index (χ3n) is 7.10. The molecule has 2 saturated heterocycles. The first kappa shape index (κ1) is 20.8. The second kappa shape index (κ2) is 9.60. The van der Waals surface area contributed by atoms with Crippen LogP contribution in [-0.2, 0) is 0 Å². The highest BCUT2D eigenvalue weighted by Gasteiger charge is 2.38. The van der Waals surface area contributed by atoms with Gasteiger partial charge in [-0.25, -0.2) is 0 Å². The van der Waals surface area contributed by atoms with E-state index in [9.17, 15) is 0 Å². The standard InChI is InChI=1S/C26H36N4O/c1-28-11-13-30(14-12-28)23-7-9-24(10-8-23)31-16-15-29-19-21(20-29)18-27-26-17-25(26)22-5-3-2-4-6-22/h2-10,21,25-27H,11-20H2,1H3. The zero-order valence-electron chi connectivity index (χ0n) is 18.7. The Kier molecular flexibility index (Phi) is 6.44. The van der Waals surface area contributed by atoms with E-state index in [1.54, 1.807) is 0 Å². The smallest absolute Gasteiger partial charge is 0.119 e. The Morgan fingerprint density at radius 3 is 2.42 bits per heavy atom. The van der Waals surface area contributed by atoms with Gasteiger partial charge in [-0.05, 0) is 49.2 Å². The number of anilines is 1. The highest BCUT2D eigenvalue weighted by Crippen LogP contribution is 2.40. The van der Waals surface area contributed by atoms with Gasteiger partial charge >= 0.3 is 0 Å². The lowest BCUT2D eigenvalue weighted by atomic mass is 10.0. The van der Waals surface area contributed by atoms with Crippen molar-refractivity contribution in [1.29, 1.82) is 0 Å². The lowest BCUT2D eigenvalue weighted by Crippen LogP contribution is -2.52. The molecule has 1 aliphatic carbocycles. The molecule has 2 heterocycles. The minimum absolute atomic E-state index is 0.689. The van der Waals surface area contributed by atoms with Gasteiger partial charge in [0.2, 0.25) is 0 Å². The molecule has 3 aliphatic rings. The van der Waals surface area contributed by atoms with E-state index in [-0.39, 0.29) is 0 Å². The normalized spacial score (nSPS) is 24.7. The number of nitrogens with one attached hydrogen (secondary N) is 1. The number of piperazine rings is 1. The highest BCUT2D eigenvalue weighted by molar-refractivity contribution is 5.49. The van der Waals surface area contributed by atoms with Crippen LogP contribution >= 0.6 is 0 Å². The predicted octanol–water partition coefficient (Wildman–Crippen LogP) is 2.89. The van der Waals surface area contributed by atoms with E-state index in [4.69, 9.17) is 4.74 Å². The van der Waals surface area contributed by atoms with Crippen LogP contribution in [-0.4, -0.2) is 81.9 Å². The van der Waals surface area contributed by atoms with Crippen LogP contribution in [0.15, 0.2) is 54.6 Å². The molecule has 0 radical (unpaired) electrons. The summed E-state index contributed by atoms with van der Waals surface area (Å²) in [6.07, 6.45) is 1.29. The van der Waals surface area contributed by atoms with Crippen molar-refractivity contribution in [2.75, 3.05) is 70.9 Å². The zero-order valence-corrected chi connectivity index (χ0v) is 18.7. The van der Waals surface area contributed by atoms with Crippen molar-refractivity contribution >= 4 is 5.69 Å². The number of benzene rings is 2. The van der Waals surface area contributed by atoms with E-state index in [0.29, 0.717) is 6.04 Å². The molecule has 2 unspecified atom stereocenters. The van der Waals surface area contributed by atoms with Gasteiger partial charge in [0.05, 0.1) is 0 Å². The monoisotopic (exact) mass is 420 g/mol. The summed E-state index contributed by atoms with van der Waals surface area (Å²) in [7, 11) is 2.19. The molecule has 2 aliphatic heterocycles. The van der Waals surface area contributed by atoms with E-state index in [2.05, 4.69) is 81.7 Å². The number of likely N-dealkylation sites (N-methyl/N-ethyl adjacent to an activating group) is 1. The Morgan fingerprint density at radius 1 is 0.935 bits per heavy atom. The third-order valence-corrected chi connectivity index (χ3v) is 7.10. The molecule has 31 heavy (non-hydrogen) atoms. The molecule has 0 bridgehead atoms. The molecule has 0 spiro atoms. The summed E-state index contributed by atoms with van der Waals surface area (Å²) in [6.45, 7) is 9.82. The Hall–Kier alpha value is -2.08. The Morgan fingerprint density at radius 2 is 1.68 bits per heavy atom. The lowest BCUT2D eigenvalue weighted by molar-refractivity contribution is 0.0820. The van der Waals surface area contributed by atoms with Crippen molar-refractivity contribution in [3.63, 3.8) is 0 Å². The molecule has 1 saturated carbocycles. The van der Waals surface area contributed by atoms with Crippen LogP contribution in [0, 0.1) is 5.92 Å². The van der Waals surface area contributed by atoms with Crippen LogP contribution in [0.2, 0.25) is 0 Å². The van der Waals surface area contributed by atoms with Crippen LogP contribution in [0.25, 0.3) is 0 Å². The quantitative estimate of drug-likeness (QED) is 0.674. The number of likely N-dealkylation sites (tertiary alicyclic amines) is 1. The Bertz CT molecular complexity index is 813. The third kappa shape index (κ3) is 5.40. The van der Waals surface area contributed by atoms with Gasteiger partial charge in [0.25, 0.3) is 0 Å². The van der Waals surface area contributed by atoms with Crippen LogP contribution in [0.5, 0.6) is 5.75 Å². The van der Waals surface area contributed by atoms with Gasteiger partial charge in [-0.15, -0.1) is 0 Å². The average molecular weight is 421 g/mol. The maximum absolute atomic E-state index is 5.99. The predicted molar refractivity (Wildman–Crippen MR) is 127 cm³/mol. The lowest BCUT2D eigenvalue weighted by Gasteiger charge is -2.39. The molecular weight excluding hydrogens is 384 g/mol. The molecule has 5 heteroatoms. The second-order valence-electron chi connectivity index (χ2n) is 9.53. The maximum Gasteiger partial charge on any atom is 0.119 e. The van der Waals surface area contributed by atoms with Crippen molar-refractivity contribution < 1.29 is 4.74 Å². The molecule has 5 rings (SSSR count). The van der Waals surface area contributed by atoms with Gasteiger partial charge in [-0.1, -0.05) is 30.3 Å². The second-order valence-corrected chi connectivity index (χ2v) is 9.53. The Labute approximate surface area is 187 Å². The molecular formula is C26H36N4O. The zero-order chi connectivity index (χ0) is 21.0. The van der Waals surface area contributed by atoms with Gasteiger partial charge in [0.1, 0.15) is 12.4 Å². The largest absolute Gasteiger partial charge is 0.492 e. The SMILES string of the molecule is CN1CCN(c2ccc(OCCN3CC(CNC4CC4c4ccccc4)C3)cc2)CC1. The molecule has 0 amide bonds. The van der Waals surface area contributed by atoms with Crippen molar-refractivity contribution in [1.82, 2.24) is 15.1 Å². The summed E-state index contributed by atoms with van der Waals surface area (Å²) in [4.78, 5) is 7.35. The molecule has 2 aromatic carbocycles. The van der Waals surface area contributed by atoms with Gasteiger partial charge in [0.15, 0.2) is 0 Å². The fourth-order valence-electron chi connectivity index (χ4n) is 4.91. The first-order valence-electron chi connectivity index (χ1n) is 11.9. The molecule has 5 nitrogen and oxygen atoms in total. The summed E-state index contributed by atoms with van der Waals surface area (Å²) in [5, 5.41) is 3.78. The first-order valence-corrected chi connectivity index (χ1v) is 11.9. The van der Waals surface area contributed by atoms with Crippen LogP contribution < -0.4 is 15.0 Å². The van der Waals surface area contributed by atoms with Crippen LogP contribution in [0.4, 0.5) is 5.69 Å². The number of ether oxygens (including phenoxy) is 1. The summed E-state index contributed by atoms with van der Waals surface area (Å²) in [5.74, 6) is 2.51. The van der Waals surface area contributed by atoms with E-state index in [1.165, 1.54) is 30.8 Å². The van der Waals surface area contributed by atoms with Crippen molar-refractivity contribution in [2.24, 2.45) is 5.92 Å². The molecule has 1 N–H and O–H groups in total. The van der Waals surface area contributed by atoms with Gasteiger partial charge < -0.3 is 19.9 Å². The average Bonchev–Trinajstić information content (AvgIpc) is 3.56. The fourth-order valence-corrected chi connectivity index (χ4v) is 4.91. The molecule has 3 fully saturated rings. The van der Waals surface area contributed by atoms with E-state index in [0.717, 1.165) is 63.5 Å².